The third kappa shape index (κ3) is 6.45. The molecule has 5 nitrogen and oxygen atoms in total. The number of isocyanates is 1. The van der Waals surface area contributed by atoms with Crippen LogP contribution in [0.2, 0.25) is 0 Å². The quantitative estimate of drug-likeness (QED) is 0.457. The number of hydrogen-bond acceptors (Lipinski definition) is 4. The predicted octanol–water partition coefficient (Wildman–Crippen LogP) is 2.28. The highest BCUT2D eigenvalue weighted by molar-refractivity contribution is 5.70. The Morgan fingerprint density at radius 1 is 1.22 bits per heavy atom. The zero-order valence-electron chi connectivity index (χ0n) is 10.1. The van der Waals surface area contributed by atoms with E-state index in [4.69, 9.17) is 4.74 Å². The van der Waals surface area contributed by atoms with E-state index in [-0.39, 0.29) is 0 Å². The lowest BCUT2D eigenvalue weighted by Gasteiger charge is -2.05. The number of hydrogen-bond donors (Lipinski definition) is 1. The summed E-state index contributed by atoms with van der Waals surface area (Å²) in [5.74, 6) is 0.523. The average molecular weight is 248 g/mol. The van der Waals surface area contributed by atoms with Gasteiger partial charge < -0.3 is 10.1 Å². The highest BCUT2D eigenvalue weighted by Crippen LogP contribution is 2.08. The maximum Gasteiger partial charge on any atom is 0.412 e. The molecule has 0 fully saturated rings. The molecule has 1 aromatic rings. The molecule has 1 aromatic carbocycles. The van der Waals surface area contributed by atoms with E-state index < -0.39 is 6.09 Å². The van der Waals surface area contributed by atoms with Gasteiger partial charge in [-0.1, -0.05) is 18.2 Å². The number of nitrogens with one attached hydrogen (secondary N) is 1. The molecule has 0 unspecified atom stereocenters. The van der Waals surface area contributed by atoms with E-state index >= 15 is 0 Å². The van der Waals surface area contributed by atoms with Gasteiger partial charge in [0.1, 0.15) is 5.75 Å². The summed E-state index contributed by atoms with van der Waals surface area (Å²) in [7, 11) is 0. The molecule has 5 heteroatoms. The van der Waals surface area contributed by atoms with Crippen LogP contribution in [0.4, 0.5) is 4.79 Å². The van der Waals surface area contributed by atoms with Gasteiger partial charge in [0.2, 0.25) is 6.08 Å². The van der Waals surface area contributed by atoms with E-state index in [2.05, 4.69) is 10.3 Å². The van der Waals surface area contributed by atoms with Gasteiger partial charge in [0, 0.05) is 6.54 Å². The van der Waals surface area contributed by atoms with Gasteiger partial charge in [0.25, 0.3) is 0 Å². The first-order valence-corrected chi connectivity index (χ1v) is 5.87. The minimum Gasteiger partial charge on any atom is -0.410 e. The van der Waals surface area contributed by atoms with Gasteiger partial charge in [-0.2, -0.15) is 0 Å². The molecular formula is C13H16N2O3. The van der Waals surface area contributed by atoms with Crippen molar-refractivity contribution in [1.82, 2.24) is 5.32 Å². The summed E-state index contributed by atoms with van der Waals surface area (Å²) < 4.78 is 5.04. The molecule has 1 N–H and O–H groups in total. The van der Waals surface area contributed by atoms with Crippen LogP contribution in [0.3, 0.4) is 0 Å². The van der Waals surface area contributed by atoms with E-state index in [0.717, 1.165) is 19.3 Å². The summed E-state index contributed by atoms with van der Waals surface area (Å²) in [4.78, 5) is 24.6. The Morgan fingerprint density at radius 2 is 2.00 bits per heavy atom. The van der Waals surface area contributed by atoms with Crippen molar-refractivity contribution in [3.63, 3.8) is 0 Å². The standard InChI is InChI=1S/C13H16N2O3/c16-11-14-9-5-2-6-10-15-13(17)18-12-7-3-1-4-8-12/h1,3-4,7-8H,2,5-6,9-10H2,(H,15,17). The SMILES string of the molecule is O=C=NCCCCCNC(=O)Oc1ccccc1. The van der Waals surface area contributed by atoms with Gasteiger partial charge in [0.15, 0.2) is 0 Å². The molecule has 0 bridgehead atoms. The van der Waals surface area contributed by atoms with Crippen LogP contribution in [0.25, 0.3) is 0 Å². The zero-order chi connectivity index (χ0) is 13.1. The zero-order valence-corrected chi connectivity index (χ0v) is 10.1. The van der Waals surface area contributed by atoms with Crippen molar-refractivity contribution in [2.24, 2.45) is 4.99 Å². The topological polar surface area (TPSA) is 67.8 Å². The lowest BCUT2D eigenvalue weighted by molar-refractivity contribution is 0.200. The highest BCUT2D eigenvalue weighted by atomic mass is 16.5. The molecular weight excluding hydrogens is 232 g/mol. The van der Waals surface area contributed by atoms with Gasteiger partial charge >= 0.3 is 6.09 Å². The fraction of sp³-hybridized carbons (Fsp3) is 0.385. The number of carbonyl (C=O) groups excluding carboxylic acids is 2. The van der Waals surface area contributed by atoms with E-state index in [1.165, 1.54) is 6.08 Å². The molecule has 0 saturated heterocycles. The molecule has 0 saturated carbocycles. The van der Waals surface area contributed by atoms with Gasteiger partial charge in [0.05, 0.1) is 6.54 Å². The lowest BCUT2D eigenvalue weighted by Crippen LogP contribution is -2.27. The van der Waals surface area contributed by atoms with Crippen molar-refractivity contribution in [2.45, 2.75) is 19.3 Å². The Morgan fingerprint density at radius 3 is 2.72 bits per heavy atom. The first-order chi connectivity index (χ1) is 8.83. The smallest absolute Gasteiger partial charge is 0.410 e. The molecule has 0 aliphatic heterocycles. The van der Waals surface area contributed by atoms with Crippen LogP contribution in [0, 0.1) is 0 Å². The molecule has 1 rings (SSSR count). The molecule has 18 heavy (non-hydrogen) atoms. The number of nitrogens with zero attached hydrogens (tertiary/aromatic N) is 1. The second kappa shape index (κ2) is 8.96. The fourth-order valence-electron chi connectivity index (χ4n) is 1.36. The minimum atomic E-state index is -0.452. The van der Waals surface area contributed by atoms with Crippen LogP contribution in [0.1, 0.15) is 19.3 Å². The monoisotopic (exact) mass is 248 g/mol. The molecule has 96 valence electrons. The van der Waals surface area contributed by atoms with Crippen LogP contribution in [0.5, 0.6) is 5.75 Å². The van der Waals surface area contributed by atoms with Crippen molar-refractivity contribution in [3.05, 3.63) is 30.3 Å². The van der Waals surface area contributed by atoms with Crippen molar-refractivity contribution in [2.75, 3.05) is 13.1 Å². The molecule has 0 aliphatic rings. The van der Waals surface area contributed by atoms with E-state index in [9.17, 15) is 9.59 Å². The van der Waals surface area contributed by atoms with Crippen LogP contribution >= 0.6 is 0 Å². The number of benzene rings is 1. The first-order valence-electron chi connectivity index (χ1n) is 5.87. The average Bonchev–Trinajstić information content (AvgIpc) is 2.39. The normalized spacial score (nSPS) is 9.33. The largest absolute Gasteiger partial charge is 0.412 e. The molecule has 0 atom stereocenters. The molecule has 0 radical (unpaired) electrons. The Kier molecular flexibility index (Phi) is 6.93. The Hall–Kier alpha value is -2.13. The van der Waals surface area contributed by atoms with E-state index in [1.54, 1.807) is 24.3 Å². The van der Waals surface area contributed by atoms with Gasteiger partial charge in [-0.05, 0) is 31.4 Å². The second-order valence-electron chi connectivity index (χ2n) is 3.66. The Bertz CT molecular complexity index is 400. The number of ether oxygens (including phenoxy) is 1. The van der Waals surface area contributed by atoms with Crippen LogP contribution in [0.15, 0.2) is 35.3 Å². The van der Waals surface area contributed by atoms with Gasteiger partial charge in [-0.15, -0.1) is 0 Å². The molecule has 0 heterocycles. The van der Waals surface area contributed by atoms with Crippen molar-refractivity contribution in [3.8, 4) is 5.75 Å². The summed E-state index contributed by atoms with van der Waals surface area (Å²) >= 11 is 0. The van der Waals surface area contributed by atoms with Crippen LogP contribution in [-0.2, 0) is 4.79 Å². The van der Waals surface area contributed by atoms with Crippen molar-refractivity contribution in [1.29, 1.82) is 0 Å². The summed E-state index contributed by atoms with van der Waals surface area (Å²) in [6.45, 7) is 1.05. The first kappa shape index (κ1) is 13.9. The number of amides is 1. The Labute approximate surface area is 106 Å². The molecule has 0 aliphatic carbocycles. The molecule has 1 amide bonds. The Balaban J connectivity index is 2.05. The fourth-order valence-corrected chi connectivity index (χ4v) is 1.36. The lowest BCUT2D eigenvalue weighted by atomic mass is 10.2. The summed E-state index contributed by atoms with van der Waals surface area (Å²) in [6.07, 6.45) is 3.59. The second-order valence-corrected chi connectivity index (χ2v) is 3.66. The van der Waals surface area contributed by atoms with Crippen LogP contribution < -0.4 is 10.1 Å². The maximum absolute atomic E-state index is 11.3. The number of carbonyl (C=O) groups is 1. The third-order valence-electron chi connectivity index (χ3n) is 2.23. The number of unbranched alkanes of at least 4 members (excludes halogenated alkanes) is 2. The van der Waals surface area contributed by atoms with E-state index in [1.807, 2.05) is 6.07 Å². The van der Waals surface area contributed by atoms with Crippen molar-refractivity contribution >= 4 is 12.2 Å². The van der Waals surface area contributed by atoms with Crippen molar-refractivity contribution < 1.29 is 14.3 Å². The third-order valence-corrected chi connectivity index (χ3v) is 2.23. The van der Waals surface area contributed by atoms with E-state index in [0.29, 0.717) is 18.8 Å². The highest BCUT2D eigenvalue weighted by Gasteiger charge is 2.01. The molecule has 0 spiro atoms. The van der Waals surface area contributed by atoms with Crippen LogP contribution in [-0.4, -0.2) is 25.3 Å². The summed E-state index contributed by atoms with van der Waals surface area (Å²) in [5, 5.41) is 2.65. The van der Waals surface area contributed by atoms with Gasteiger partial charge in [-0.3, -0.25) is 0 Å². The predicted molar refractivity (Wildman–Crippen MR) is 67.3 cm³/mol. The minimum absolute atomic E-state index is 0.452. The molecule has 0 aromatic heterocycles. The summed E-state index contributed by atoms with van der Waals surface area (Å²) in [5.41, 5.74) is 0. The summed E-state index contributed by atoms with van der Waals surface area (Å²) in [6, 6.07) is 8.90. The number of rotatable bonds is 7. The van der Waals surface area contributed by atoms with Gasteiger partial charge in [-0.25, -0.2) is 14.6 Å². The maximum atomic E-state index is 11.3. The number of aliphatic imine (C=N–C) groups is 1. The number of para-hydroxylation sites is 1.